The number of rotatable bonds is 7. The van der Waals surface area contributed by atoms with Crippen molar-refractivity contribution in [2.45, 2.75) is 0 Å². The van der Waals surface area contributed by atoms with E-state index in [1.54, 1.807) is 0 Å². The van der Waals surface area contributed by atoms with Crippen LogP contribution in [0.25, 0.3) is 112 Å². The van der Waals surface area contributed by atoms with Crippen molar-refractivity contribution < 1.29 is 0 Å². The average Bonchev–Trinajstić information content (AvgIpc) is 3.96. The van der Waals surface area contributed by atoms with Gasteiger partial charge in [0, 0.05) is 44.2 Å². The smallest absolute Gasteiger partial charge is 0.149 e. The minimum Gasteiger partial charge on any atom is -0.275 e. The topological polar surface area (TPSA) is 60.4 Å². The van der Waals surface area contributed by atoms with E-state index in [9.17, 15) is 0 Å². The summed E-state index contributed by atoms with van der Waals surface area (Å²) in [6.45, 7) is 0. The Kier molecular flexibility index (Phi) is 8.38. The van der Waals surface area contributed by atoms with Crippen LogP contribution in [0.5, 0.6) is 0 Å². The van der Waals surface area contributed by atoms with Crippen LogP contribution in [-0.4, -0.2) is 28.7 Å². The van der Waals surface area contributed by atoms with E-state index < -0.39 is 0 Å². The summed E-state index contributed by atoms with van der Waals surface area (Å²) in [7, 11) is 0. The molecule has 0 aliphatic heterocycles. The fraction of sp³-hybridized carbons (Fsp3) is 0. The van der Waals surface area contributed by atoms with Crippen LogP contribution in [0.2, 0.25) is 0 Å². The van der Waals surface area contributed by atoms with E-state index in [1.807, 2.05) is 24.3 Å². The van der Waals surface area contributed by atoms with Crippen molar-refractivity contribution >= 4 is 33.1 Å². The molecule has 0 radical (unpaired) electrons. The van der Waals surface area contributed by atoms with Gasteiger partial charge in [-0.2, -0.15) is 0 Å². The third kappa shape index (κ3) is 5.88. The molecule has 8 aromatic carbocycles. The summed E-state index contributed by atoms with van der Waals surface area (Å²) >= 11 is 0. The minimum atomic E-state index is 0.857. The van der Waals surface area contributed by atoms with Crippen molar-refractivity contribution in [1.29, 1.82) is 0 Å². The summed E-state index contributed by atoms with van der Waals surface area (Å²) in [6.07, 6.45) is 0. The Morgan fingerprint density at radius 2 is 0.548 bits per heavy atom. The summed E-state index contributed by atoms with van der Waals surface area (Å²) in [6, 6.07) is 75.9. The zero-order valence-electron chi connectivity index (χ0n) is 33.5. The van der Waals surface area contributed by atoms with Crippen LogP contribution in [0.4, 0.5) is 0 Å². The maximum Gasteiger partial charge on any atom is 0.149 e. The van der Waals surface area contributed by atoms with E-state index in [-0.39, 0.29) is 0 Å². The largest absolute Gasteiger partial charge is 0.275 e. The van der Waals surface area contributed by atoms with Gasteiger partial charge in [-0.1, -0.05) is 194 Å². The molecule has 0 N–H and O–H groups in total. The van der Waals surface area contributed by atoms with Crippen LogP contribution in [0.15, 0.2) is 218 Å². The third-order valence-corrected chi connectivity index (χ3v) is 11.7. The first-order valence-corrected chi connectivity index (χ1v) is 20.8. The van der Waals surface area contributed by atoms with E-state index in [0.717, 1.165) is 112 Å². The SMILES string of the molecule is c1ccc(-c2nc3ccccc3c3nc(-c4ccc(-c5ccc(-c6nc7c8ccccc8nc(-c8ccccc8)n7c6-c6ccccc6)cc5)cc4)c(-c4ccccc4)n23)cc1. The average molecular weight is 793 g/mol. The number of hydrogen-bond acceptors (Lipinski definition) is 4. The highest BCUT2D eigenvalue weighted by Crippen LogP contribution is 2.41. The lowest BCUT2D eigenvalue weighted by atomic mass is 9.98. The molecule has 4 aromatic heterocycles. The highest BCUT2D eigenvalue weighted by Gasteiger charge is 2.24. The fourth-order valence-electron chi connectivity index (χ4n) is 8.79. The zero-order valence-corrected chi connectivity index (χ0v) is 33.5. The number of aromatic nitrogens is 6. The van der Waals surface area contributed by atoms with E-state index in [1.165, 1.54) is 0 Å². The van der Waals surface area contributed by atoms with Gasteiger partial charge in [0.05, 0.1) is 33.8 Å². The summed E-state index contributed by atoms with van der Waals surface area (Å²) in [5.41, 5.74) is 15.9. The predicted molar refractivity (Wildman–Crippen MR) is 253 cm³/mol. The molecular weight excluding hydrogens is 757 g/mol. The molecule has 6 nitrogen and oxygen atoms in total. The molecule has 0 fully saturated rings. The van der Waals surface area contributed by atoms with Gasteiger partial charge in [-0.25, -0.2) is 19.9 Å². The van der Waals surface area contributed by atoms with E-state index in [2.05, 4.69) is 203 Å². The second-order valence-electron chi connectivity index (χ2n) is 15.5. The van der Waals surface area contributed by atoms with E-state index in [4.69, 9.17) is 19.9 Å². The summed E-state index contributed by atoms with van der Waals surface area (Å²) in [5.74, 6) is 1.71. The van der Waals surface area contributed by atoms with Crippen LogP contribution in [0.3, 0.4) is 0 Å². The molecule has 6 heteroatoms. The van der Waals surface area contributed by atoms with Gasteiger partial charge in [0.1, 0.15) is 22.9 Å². The Hall–Kier alpha value is -8.48. The quantitative estimate of drug-likeness (QED) is 0.161. The van der Waals surface area contributed by atoms with E-state index in [0.29, 0.717) is 0 Å². The number of nitrogens with zero attached hydrogens (tertiary/aromatic N) is 6. The molecule has 0 bridgehead atoms. The number of fused-ring (bicyclic) bond motifs is 6. The maximum atomic E-state index is 5.43. The second-order valence-corrected chi connectivity index (χ2v) is 15.5. The molecule has 0 saturated carbocycles. The highest BCUT2D eigenvalue weighted by atomic mass is 15.1. The van der Waals surface area contributed by atoms with Gasteiger partial charge in [-0.15, -0.1) is 0 Å². The fourth-order valence-corrected chi connectivity index (χ4v) is 8.79. The van der Waals surface area contributed by atoms with Gasteiger partial charge in [0.15, 0.2) is 0 Å². The Bertz CT molecular complexity index is 3340. The summed E-state index contributed by atoms with van der Waals surface area (Å²) < 4.78 is 4.47. The van der Waals surface area contributed by atoms with Crippen LogP contribution in [-0.2, 0) is 0 Å². The van der Waals surface area contributed by atoms with Gasteiger partial charge < -0.3 is 0 Å². The Labute approximate surface area is 357 Å². The molecule has 0 atom stereocenters. The summed E-state index contributed by atoms with van der Waals surface area (Å²) in [4.78, 5) is 21.3. The predicted octanol–water partition coefficient (Wildman–Crippen LogP) is 13.7. The lowest BCUT2D eigenvalue weighted by molar-refractivity contribution is 1.13. The lowest BCUT2D eigenvalue weighted by Crippen LogP contribution is -2.00. The van der Waals surface area contributed by atoms with Gasteiger partial charge in [0.2, 0.25) is 0 Å². The molecule has 4 heterocycles. The molecule has 0 amide bonds. The van der Waals surface area contributed by atoms with Crippen molar-refractivity contribution in [3.63, 3.8) is 0 Å². The van der Waals surface area contributed by atoms with Crippen molar-refractivity contribution in [3.8, 4) is 78.9 Å². The lowest BCUT2D eigenvalue weighted by Gasteiger charge is -2.12. The van der Waals surface area contributed by atoms with Crippen molar-refractivity contribution in [1.82, 2.24) is 28.7 Å². The van der Waals surface area contributed by atoms with Crippen molar-refractivity contribution in [2.24, 2.45) is 0 Å². The zero-order chi connectivity index (χ0) is 41.0. The van der Waals surface area contributed by atoms with Crippen LogP contribution >= 0.6 is 0 Å². The van der Waals surface area contributed by atoms with Crippen molar-refractivity contribution in [2.75, 3.05) is 0 Å². The van der Waals surface area contributed by atoms with E-state index >= 15 is 0 Å². The summed E-state index contributed by atoms with van der Waals surface area (Å²) in [5, 5.41) is 2.02. The molecule has 62 heavy (non-hydrogen) atoms. The molecule has 0 aliphatic carbocycles. The molecule has 12 rings (SSSR count). The van der Waals surface area contributed by atoms with Crippen LogP contribution in [0.1, 0.15) is 0 Å². The standard InChI is InChI=1S/C56H36N6/c1-5-17-41(18-6-1)51-49(59-55-45-25-13-15-27-47(45)57-53(61(51)55)43-21-9-3-10-22-43)39-33-29-37(30-34-39)38-31-35-40(36-32-38)50-52(42-19-7-2-8-20-42)62-54(44-23-11-4-12-24-44)58-48-28-16-14-26-46(48)56(62)60-50/h1-36H. The molecular formula is C56H36N6. The van der Waals surface area contributed by atoms with Crippen LogP contribution in [0, 0.1) is 0 Å². The maximum absolute atomic E-state index is 5.43. The second kappa shape index (κ2) is 14.7. The number of hydrogen-bond donors (Lipinski definition) is 0. The first-order chi connectivity index (χ1) is 30.8. The number of imidazole rings is 2. The van der Waals surface area contributed by atoms with Crippen molar-refractivity contribution in [3.05, 3.63) is 218 Å². The molecule has 0 saturated heterocycles. The van der Waals surface area contributed by atoms with Gasteiger partial charge in [-0.3, -0.25) is 8.80 Å². The first kappa shape index (κ1) is 35.5. The third-order valence-electron chi connectivity index (χ3n) is 11.7. The Morgan fingerprint density at radius 1 is 0.242 bits per heavy atom. The monoisotopic (exact) mass is 792 g/mol. The Morgan fingerprint density at radius 3 is 0.919 bits per heavy atom. The number of para-hydroxylation sites is 2. The Balaban J connectivity index is 0.982. The van der Waals surface area contributed by atoms with Crippen LogP contribution < -0.4 is 0 Å². The molecule has 0 aliphatic rings. The first-order valence-electron chi connectivity index (χ1n) is 20.8. The molecule has 0 spiro atoms. The normalized spacial score (nSPS) is 11.5. The van der Waals surface area contributed by atoms with Gasteiger partial charge in [0.25, 0.3) is 0 Å². The highest BCUT2D eigenvalue weighted by molar-refractivity contribution is 5.99. The molecule has 0 unspecified atom stereocenters. The van der Waals surface area contributed by atoms with Gasteiger partial charge in [-0.05, 0) is 35.4 Å². The molecule has 12 aromatic rings. The van der Waals surface area contributed by atoms with Gasteiger partial charge >= 0.3 is 0 Å². The minimum absolute atomic E-state index is 0.857. The molecule has 290 valence electrons. The number of benzene rings is 8.